The van der Waals surface area contributed by atoms with Gasteiger partial charge in [0.15, 0.2) is 23.3 Å². The van der Waals surface area contributed by atoms with Crippen molar-refractivity contribution in [2.75, 3.05) is 12.4 Å². The Morgan fingerprint density at radius 3 is 2.68 bits per heavy atom. The molecule has 0 aromatic carbocycles. The average Bonchev–Trinajstić information content (AvgIpc) is 3.33. The number of hydrogen-bond donors (Lipinski definition) is 0. The van der Waals surface area contributed by atoms with Gasteiger partial charge in [-0.15, -0.1) is 10.2 Å². The zero-order valence-corrected chi connectivity index (χ0v) is 17.3. The molecule has 0 unspecified atom stereocenters. The third kappa shape index (κ3) is 4.57. The van der Waals surface area contributed by atoms with Crippen molar-refractivity contribution in [3.05, 3.63) is 18.4 Å². The van der Waals surface area contributed by atoms with Gasteiger partial charge in [-0.25, -0.2) is 0 Å². The molecule has 1 saturated heterocycles. The van der Waals surface area contributed by atoms with Crippen molar-refractivity contribution < 1.29 is 18.7 Å². The molecule has 0 spiro atoms. The van der Waals surface area contributed by atoms with Gasteiger partial charge >= 0.3 is 5.97 Å². The lowest BCUT2D eigenvalue weighted by Gasteiger charge is -2.38. The summed E-state index contributed by atoms with van der Waals surface area (Å²) in [6, 6.07) is 3.97. The summed E-state index contributed by atoms with van der Waals surface area (Å²) in [5.74, 6) is 0.732. The Balaban J connectivity index is 1.51. The summed E-state index contributed by atoms with van der Waals surface area (Å²) in [5, 5.41) is 8.89. The highest BCUT2D eigenvalue weighted by Crippen LogP contribution is 2.25. The highest BCUT2D eigenvalue weighted by molar-refractivity contribution is 7.99. The van der Waals surface area contributed by atoms with E-state index in [4.69, 9.17) is 9.15 Å². The number of aromatic nitrogens is 3. The highest BCUT2D eigenvalue weighted by atomic mass is 32.2. The van der Waals surface area contributed by atoms with E-state index < -0.39 is 5.97 Å². The van der Waals surface area contributed by atoms with Gasteiger partial charge < -0.3 is 14.1 Å². The number of ether oxygens (including phenoxy) is 1. The summed E-state index contributed by atoms with van der Waals surface area (Å²) < 4.78 is 12.4. The first-order valence-corrected chi connectivity index (χ1v) is 10.6. The molecule has 0 saturated carbocycles. The molecule has 0 radical (unpaired) electrons. The Morgan fingerprint density at radius 2 is 2.04 bits per heavy atom. The van der Waals surface area contributed by atoms with E-state index in [1.165, 1.54) is 11.8 Å². The molecule has 2 atom stereocenters. The number of thioether (sulfide) groups is 1. The fourth-order valence-corrected chi connectivity index (χ4v) is 4.36. The molecule has 1 aliphatic rings. The smallest absolute Gasteiger partial charge is 0.316 e. The molecule has 28 heavy (non-hydrogen) atoms. The van der Waals surface area contributed by atoms with E-state index in [-0.39, 0.29) is 30.4 Å². The number of hydrogen-bond acceptors (Lipinski definition) is 7. The van der Waals surface area contributed by atoms with Crippen LogP contribution >= 0.6 is 11.8 Å². The molecule has 3 heterocycles. The molecule has 152 valence electrons. The van der Waals surface area contributed by atoms with Gasteiger partial charge in [0.25, 0.3) is 5.91 Å². The summed E-state index contributed by atoms with van der Waals surface area (Å²) in [6.45, 7) is 6.48. The van der Waals surface area contributed by atoms with E-state index >= 15 is 0 Å². The lowest BCUT2D eigenvalue weighted by Crippen LogP contribution is -2.49. The third-order valence-electron chi connectivity index (χ3n) is 4.93. The fraction of sp³-hybridized carbons (Fsp3) is 0.579. The van der Waals surface area contributed by atoms with Crippen molar-refractivity contribution in [3.8, 4) is 11.6 Å². The van der Waals surface area contributed by atoms with E-state index in [1.807, 2.05) is 36.3 Å². The second-order valence-corrected chi connectivity index (χ2v) is 7.85. The average molecular weight is 407 g/mol. The molecule has 2 aromatic rings. The SMILES string of the molecule is CCn1c(SCC(=O)OCC(=O)N2[C@@H](C)CCC[C@@H]2C)nnc1-c1ccco1. The summed E-state index contributed by atoms with van der Waals surface area (Å²) in [7, 11) is 0. The van der Waals surface area contributed by atoms with Crippen LogP contribution in [-0.4, -0.2) is 56.0 Å². The molecule has 1 aliphatic heterocycles. The number of nitrogens with zero attached hydrogens (tertiary/aromatic N) is 4. The summed E-state index contributed by atoms with van der Waals surface area (Å²) in [5.41, 5.74) is 0. The van der Waals surface area contributed by atoms with Gasteiger partial charge in [-0.1, -0.05) is 11.8 Å². The maximum Gasteiger partial charge on any atom is 0.316 e. The first-order chi connectivity index (χ1) is 13.5. The molecule has 0 aliphatic carbocycles. The van der Waals surface area contributed by atoms with Gasteiger partial charge in [0.2, 0.25) is 0 Å². The molecule has 2 aromatic heterocycles. The Kier molecular flexibility index (Phi) is 6.77. The van der Waals surface area contributed by atoms with Crippen LogP contribution in [0.15, 0.2) is 28.0 Å². The number of amides is 1. The molecular weight excluding hydrogens is 380 g/mol. The van der Waals surface area contributed by atoms with Crippen molar-refractivity contribution in [2.24, 2.45) is 0 Å². The van der Waals surface area contributed by atoms with Gasteiger partial charge in [0.1, 0.15) is 0 Å². The number of likely N-dealkylation sites (tertiary alicyclic amines) is 1. The zero-order valence-electron chi connectivity index (χ0n) is 16.5. The van der Waals surface area contributed by atoms with Crippen LogP contribution in [0, 0.1) is 0 Å². The van der Waals surface area contributed by atoms with Crippen LogP contribution < -0.4 is 0 Å². The van der Waals surface area contributed by atoms with Crippen LogP contribution in [0.1, 0.15) is 40.0 Å². The molecule has 9 heteroatoms. The first kappa shape index (κ1) is 20.4. The maximum absolute atomic E-state index is 12.4. The number of esters is 1. The number of rotatable bonds is 7. The Bertz CT molecular complexity index is 795. The molecule has 0 bridgehead atoms. The highest BCUT2D eigenvalue weighted by Gasteiger charge is 2.29. The quantitative estimate of drug-likeness (QED) is 0.516. The normalized spacial score (nSPS) is 19.6. The Morgan fingerprint density at radius 1 is 1.29 bits per heavy atom. The standard InChI is InChI=1S/C19H26N4O4S/c1-4-22-18(15-9-6-10-26-15)20-21-19(22)28-12-17(25)27-11-16(24)23-13(2)7-5-8-14(23)3/h6,9-10,13-14H,4-5,7-8,11-12H2,1-3H3/t13-,14-/m0/s1. The van der Waals surface area contributed by atoms with Gasteiger partial charge in [-0.3, -0.25) is 14.2 Å². The van der Waals surface area contributed by atoms with Crippen LogP contribution in [0.5, 0.6) is 0 Å². The summed E-state index contributed by atoms with van der Waals surface area (Å²) >= 11 is 1.23. The monoisotopic (exact) mass is 406 g/mol. The van der Waals surface area contributed by atoms with Crippen LogP contribution in [0.3, 0.4) is 0 Å². The first-order valence-electron chi connectivity index (χ1n) is 9.58. The number of piperidine rings is 1. The predicted octanol–water partition coefficient (Wildman–Crippen LogP) is 2.98. The third-order valence-corrected chi connectivity index (χ3v) is 5.87. The largest absolute Gasteiger partial charge is 0.461 e. The fourth-order valence-electron chi connectivity index (χ4n) is 3.56. The number of carbonyl (C=O) groups is 2. The van der Waals surface area contributed by atoms with Crippen molar-refractivity contribution in [2.45, 2.75) is 63.8 Å². The van der Waals surface area contributed by atoms with Gasteiger partial charge in [-0.05, 0) is 52.2 Å². The van der Waals surface area contributed by atoms with Crippen molar-refractivity contribution in [1.29, 1.82) is 0 Å². The minimum atomic E-state index is -0.444. The van der Waals surface area contributed by atoms with E-state index in [0.29, 0.717) is 23.3 Å². The topological polar surface area (TPSA) is 90.5 Å². The molecule has 3 rings (SSSR count). The van der Waals surface area contributed by atoms with Crippen molar-refractivity contribution in [3.63, 3.8) is 0 Å². The van der Waals surface area contributed by atoms with Crippen molar-refractivity contribution >= 4 is 23.6 Å². The zero-order chi connectivity index (χ0) is 20.1. The minimum Gasteiger partial charge on any atom is -0.461 e. The summed E-state index contributed by atoms with van der Waals surface area (Å²) in [4.78, 5) is 26.4. The molecular formula is C19H26N4O4S. The van der Waals surface area contributed by atoms with Crippen LogP contribution in [0.4, 0.5) is 0 Å². The van der Waals surface area contributed by atoms with Gasteiger partial charge in [0.05, 0.1) is 12.0 Å². The van der Waals surface area contributed by atoms with Gasteiger partial charge in [-0.2, -0.15) is 0 Å². The van der Waals surface area contributed by atoms with E-state index in [2.05, 4.69) is 10.2 Å². The lowest BCUT2D eigenvalue weighted by atomic mass is 9.97. The van der Waals surface area contributed by atoms with Crippen molar-refractivity contribution in [1.82, 2.24) is 19.7 Å². The second-order valence-electron chi connectivity index (χ2n) is 6.91. The van der Waals surface area contributed by atoms with Crippen LogP contribution in [0.25, 0.3) is 11.6 Å². The van der Waals surface area contributed by atoms with E-state index in [0.717, 1.165) is 19.3 Å². The molecule has 1 amide bonds. The molecule has 8 nitrogen and oxygen atoms in total. The Hall–Kier alpha value is -2.29. The lowest BCUT2D eigenvalue weighted by molar-refractivity contribution is -0.153. The molecule has 1 fully saturated rings. The number of carbonyl (C=O) groups excluding carboxylic acids is 2. The van der Waals surface area contributed by atoms with Crippen LogP contribution in [0.2, 0.25) is 0 Å². The van der Waals surface area contributed by atoms with E-state index in [9.17, 15) is 9.59 Å². The number of furan rings is 1. The predicted molar refractivity (Wildman–Crippen MR) is 105 cm³/mol. The Labute approximate surface area is 168 Å². The maximum atomic E-state index is 12.4. The second kappa shape index (κ2) is 9.27. The van der Waals surface area contributed by atoms with Gasteiger partial charge in [0, 0.05) is 18.6 Å². The van der Waals surface area contributed by atoms with Crippen LogP contribution in [-0.2, 0) is 20.9 Å². The van der Waals surface area contributed by atoms with E-state index in [1.54, 1.807) is 12.3 Å². The summed E-state index contributed by atoms with van der Waals surface area (Å²) in [6.07, 6.45) is 4.69. The molecule has 0 N–H and O–H groups in total. The minimum absolute atomic E-state index is 0.0642.